The summed E-state index contributed by atoms with van der Waals surface area (Å²) in [7, 11) is 6.01. The second-order valence-corrected chi connectivity index (χ2v) is 10.0. The van der Waals surface area contributed by atoms with Crippen LogP contribution in [0.1, 0.15) is 25.1 Å². The van der Waals surface area contributed by atoms with Crippen LogP contribution in [0.25, 0.3) is 11.0 Å². The number of amides is 3. The number of fused-ring (bicyclic) bond motifs is 1. The first-order chi connectivity index (χ1) is 20.2. The standard InChI is InChI=1S/C28H32F4N6O5/c1-35(2)24(39)10-6-5-9-22(43-27(42)36(3)4)25(40)34-19-8-7-14-37(26(19)41)17-23-33-20-16-18(29)11-12-21(20)38(23)15-13-28(30,31)32/h6-8,10-12,14,16,22H,5,9,13,15,17H2,1-4H3,(H,34,40)/b10-6+. The van der Waals surface area contributed by atoms with Crippen LogP contribution in [-0.4, -0.2) is 82.3 Å². The molecule has 0 saturated heterocycles. The fourth-order valence-electron chi connectivity index (χ4n) is 3.94. The van der Waals surface area contributed by atoms with Gasteiger partial charge >= 0.3 is 12.3 Å². The number of alkyl halides is 3. The van der Waals surface area contributed by atoms with Crippen LogP contribution in [0.4, 0.5) is 28.0 Å². The molecule has 1 atom stereocenters. The van der Waals surface area contributed by atoms with Crippen molar-refractivity contribution in [2.75, 3.05) is 33.5 Å². The minimum absolute atomic E-state index is 0.00341. The van der Waals surface area contributed by atoms with E-state index in [2.05, 4.69) is 10.3 Å². The third-order valence-corrected chi connectivity index (χ3v) is 6.20. The molecule has 1 aromatic carbocycles. The molecule has 0 saturated carbocycles. The lowest BCUT2D eigenvalue weighted by Gasteiger charge is -2.20. The van der Waals surface area contributed by atoms with E-state index in [1.165, 1.54) is 60.1 Å². The molecule has 11 nitrogen and oxygen atoms in total. The molecule has 43 heavy (non-hydrogen) atoms. The lowest BCUT2D eigenvalue weighted by Crippen LogP contribution is -2.37. The normalized spacial score (nSPS) is 12.4. The van der Waals surface area contributed by atoms with Gasteiger partial charge < -0.3 is 29.0 Å². The second kappa shape index (κ2) is 14.0. The topological polar surface area (TPSA) is 119 Å². The fourth-order valence-corrected chi connectivity index (χ4v) is 3.94. The molecule has 0 spiro atoms. The Morgan fingerprint density at radius 2 is 1.84 bits per heavy atom. The summed E-state index contributed by atoms with van der Waals surface area (Å²) in [4.78, 5) is 57.0. The van der Waals surface area contributed by atoms with Crippen LogP contribution in [0.15, 0.2) is 53.5 Å². The summed E-state index contributed by atoms with van der Waals surface area (Å²) in [6.07, 6.45) is -3.33. The van der Waals surface area contributed by atoms with E-state index in [0.717, 1.165) is 21.6 Å². The summed E-state index contributed by atoms with van der Waals surface area (Å²) in [5.41, 5.74) is -0.488. The molecule has 0 radical (unpaired) electrons. The van der Waals surface area contributed by atoms with Gasteiger partial charge in [0, 0.05) is 47.0 Å². The summed E-state index contributed by atoms with van der Waals surface area (Å²) in [5, 5.41) is 2.45. The molecule has 2 heterocycles. The number of hydrogen-bond donors (Lipinski definition) is 1. The number of likely N-dealkylation sites (N-methyl/N-ethyl adjacent to an activating group) is 1. The zero-order chi connectivity index (χ0) is 31.9. The van der Waals surface area contributed by atoms with Crippen molar-refractivity contribution in [3.05, 3.63) is 70.7 Å². The molecular formula is C28H32F4N6O5. The minimum Gasteiger partial charge on any atom is -0.436 e. The number of carbonyl (C=O) groups is 3. The van der Waals surface area contributed by atoms with Gasteiger partial charge in [-0.3, -0.25) is 14.4 Å². The largest absolute Gasteiger partial charge is 0.436 e. The number of nitrogens with zero attached hydrogens (tertiary/aromatic N) is 5. The Morgan fingerprint density at radius 3 is 2.49 bits per heavy atom. The molecule has 0 aliphatic heterocycles. The molecule has 0 fully saturated rings. The van der Waals surface area contributed by atoms with Crippen molar-refractivity contribution < 1.29 is 36.7 Å². The second-order valence-electron chi connectivity index (χ2n) is 10.0. The van der Waals surface area contributed by atoms with Crippen LogP contribution < -0.4 is 10.9 Å². The molecule has 1 N–H and O–H groups in total. The number of ether oxygens (including phenoxy) is 1. The Morgan fingerprint density at radius 1 is 1.12 bits per heavy atom. The van der Waals surface area contributed by atoms with Crippen molar-refractivity contribution in [3.63, 3.8) is 0 Å². The van der Waals surface area contributed by atoms with E-state index in [9.17, 15) is 36.7 Å². The Balaban J connectivity index is 1.85. The Kier molecular flexibility index (Phi) is 10.7. The number of allylic oxidation sites excluding steroid dienone is 1. The first-order valence-electron chi connectivity index (χ1n) is 13.1. The van der Waals surface area contributed by atoms with E-state index in [4.69, 9.17) is 4.74 Å². The summed E-state index contributed by atoms with van der Waals surface area (Å²) in [5.74, 6) is -1.61. The number of rotatable bonds is 11. The number of pyridine rings is 1. The van der Waals surface area contributed by atoms with Gasteiger partial charge in [-0.1, -0.05) is 6.08 Å². The van der Waals surface area contributed by atoms with Crippen LogP contribution in [0.2, 0.25) is 0 Å². The van der Waals surface area contributed by atoms with Gasteiger partial charge in [0.2, 0.25) is 5.91 Å². The van der Waals surface area contributed by atoms with E-state index < -0.39 is 48.6 Å². The highest BCUT2D eigenvalue weighted by Gasteiger charge is 2.28. The van der Waals surface area contributed by atoms with E-state index in [0.29, 0.717) is 0 Å². The number of halogens is 4. The van der Waals surface area contributed by atoms with Crippen molar-refractivity contribution in [2.24, 2.45) is 0 Å². The van der Waals surface area contributed by atoms with Gasteiger partial charge in [0.1, 0.15) is 17.3 Å². The van der Waals surface area contributed by atoms with Gasteiger partial charge in [-0.15, -0.1) is 0 Å². The Hall–Kier alpha value is -4.69. The number of benzene rings is 1. The van der Waals surface area contributed by atoms with Gasteiger partial charge in [0.15, 0.2) is 6.10 Å². The molecule has 232 valence electrons. The summed E-state index contributed by atoms with van der Waals surface area (Å²) < 4.78 is 60.5. The van der Waals surface area contributed by atoms with Crippen molar-refractivity contribution in [3.8, 4) is 0 Å². The highest BCUT2D eigenvalue weighted by atomic mass is 19.4. The molecule has 0 aliphatic carbocycles. The maximum absolute atomic E-state index is 13.8. The zero-order valence-corrected chi connectivity index (χ0v) is 24.0. The summed E-state index contributed by atoms with van der Waals surface area (Å²) in [6.45, 7) is -0.778. The molecule has 3 rings (SSSR count). The molecule has 3 amide bonds. The predicted molar refractivity (Wildman–Crippen MR) is 150 cm³/mol. The van der Waals surface area contributed by atoms with Crippen LogP contribution in [0.5, 0.6) is 0 Å². The maximum atomic E-state index is 13.8. The Bertz CT molecular complexity index is 1560. The van der Waals surface area contributed by atoms with Crippen LogP contribution >= 0.6 is 0 Å². The molecule has 1 unspecified atom stereocenters. The lowest BCUT2D eigenvalue weighted by molar-refractivity contribution is -0.136. The molecular weight excluding hydrogens is 576 g/mol. The lowest BCUT2D eigenvalue weighted by atomic mass is 10.1. The van der Waals surface area contributed by atoms with Crippen molar-refractivity contribution in [1.29, 1.82) is 0 Å². The number of nitrogens with one attached hydrogen (secondary N) is 1. The quantitative estimate of drug-likeness (QED) is 0.262. The average Bonchev–Trinajstić information content (AvgIpc) is 3.26. The summed E-state index contributed by atoms with van der Waals surface area (Å²) in [6, 6.07) is 6.27. The zero-order valence-electron chi connectivity index (χ0n) is 24.0. The van der Waals surface area contributed by atoms with Gasteiger partial charge in [0.25, 0.3) is 11.5 Å². The van der Waals surface area contributed by atoms with Crippen molar-refractivity contribution >= 4 is 34.6 Å². The molecule has 2 aromatic heterocycles. The molecule has 0 bridgehead atoms. The van der Waals surface area contributed by atoms with E-state index >= 15 is 0 Å². The molecule has 0 aliphatic rings. The van der Waals surface area contributed by atoms with E-state index in [1.807, 2.05) is 0 Å². The molecule has 15 heteroatoms. The number of aryl methyl sites for hydroxylation is 1. The van der Waals surface area contributed by atoms with Crippen molar-refractivity contribution in [1.82, 2.24) is 23.9 Å². The minimum atomic E-state index is -4.46. The predicted octanol–water partition coefficient (Wildman–Crippen LogP) is 3.77. The Labute approximate surface area is 244 Å². The van der Waals surface area contributed by atoms with E-state index in [1.54, 1.807) is 14.1 Å². The van der Waals surface area contributed by atoms with Crippen molar-refractivity contribution in [2.45, 2.75) is 44.6 Å². The first-order valence-corrected chi connectivity index (χ1v) is 13.1. The number of imidazole rings is 1. The molecule has 3 aromatic rings. The monoisotopic (exact) mass is 608 g/mol. The first kappa shape index (κ1) is 32.8. The van der Waals surface area contributed by atoms with Crippen LogP contribution in [0, 0.1) is 5.82 Å². The van der Waals surface area contributed by atoms with Crippen LogP contribution in [0.3, 0.4) is 0 Å². The number of anilines is 1. The van der Waals surface area contributed by atoms with Gasteiger partial charge in [-0.2, -0.15) is 13.2 Å². The summed E-state index contributed by atoms with van der Waals surface area (Å²) >= 11 is 0. The van der Waals surface area contributed by atoms with Crippen LogP contribution in [-0.2, 0) is 27.4 Å². The van der Waals surface area contributed by atoms with Gasteiger partial charge in [0.05, 0.1) is 24.0 Å². The third-order valence-electron chi connectivity index (χ3n) is 6.20. The highest BCUT2D eigenvalue weighted by Crippen LogP contribution is 2.24. The van der Waals surface area contributed by atoms with E-state index in [-0.39, 0.29) is 47.8 Å². The number of hydrogen-bond acceptors (Lipinski definition) is 6. The third kappa shape index (κ3) is 9.15. The fraction of sp³-hybridized carbons (Fsp3) is 0.393. The highest BCUT2D eigenvalue weighted by molar-refractivity contribution is 5.95. The SMILES string of the molecule is CN(C)C(=O)/C=C/CCC(OC(=O)N(C)C)C(=O)Nc1cccn(Cc2nc3cc(F)ccc3n2CCC(F)(F)F)c1=O. The maximum Gasteiger partial charge on any atom is 0.410 e. The van der Waals surface area contributed by atoms with Gasteiger partial charge in [-0.05, 0) is 43.2 Å². The smallest absolute Gasteiger partial charge is 0.410 e. The van der Waals surface area contributed by atoms with Gasteiger partial charge in [-0.25, -0.2) is 14.2 Å². The number of carbonyl (C=O) groups excluding carboxylic acids is 3. The number of aromatic nitrogens is 3. The average molecular weight is 609 g/mol.